The van der Waals surface area contributed by atoms with Gasteiger partial charge in [-0.3, -0.25) is 14.4 Å². The van der Waals surface area contributed by atoms with Gasteiger partial charge in [-0.05, 0) is 25.0 Å². The molecule has 134 valence electrons. The van der Waals surface area contributed by atoms with Crippen molar-refractivity contribution in [1.29, 1.82) is 0 Å². The number of hydrogen-bond donors (Lipinski definition) is 0. The van der Waals surface area contributed by atoms with Gasteiger partial charge in [0.05, 0.1) is 27.0 Å². The summed E-state index contributed by atoms with van der Waals surface area (Å²) < 4.78 is 15.9. The highest BCUT2D eigenvalue weighted by molar-refractivity contribution is 6.57. The first-order valence-electron chi connectivity index (χ1n) is 8.24. The number of methoxy groups -OCH3 is 3. The summed E-state index contributed by atoms with van der Waals surface area (Å²) in [6, 6.07) is 3.11. The van der Waals surface area contributed by atoms with Crippen LogP contribution in [-0.4, -0.2) is 38.9 Å². The predicted octanol–water partition coefficient (Wildman–Crippen LogP) is 2.11. The lowest BCUT2D eigenvalue weighted by Crippen LogP contribution is -2.38. The molecule has 1 aromatic carbocycles. The van der Waals surface area contributed by atoms with E-state index >= 15 is 0 Å². The molecule has 0 bridgehead atoms. The van der Waals surface area contributed by atoms with Crippen LogP contribution in [0.3, 0.4) is 0 Å². The predicted molar refractivity (Wildman–Crippen MR) is 89.1 cm³/mol. The van der Waals surface area contributed by atoms with E-state index in [0.29, 0.717) is 18.6 Å². The largest absolute Gasteiger partial charge is 0.493 e. The molecule has 7 nitrogen and oxygen atoms in total. The third-order valence-electron chi connectivity index (χ3n) is 5.08. The Kier molecular flexibility index (Phi) is 4.41. The molecule has 1 aliphatic heterocycles. The molecule has 1 saturated carbocycles. The minimum atomic E-state index is -1.21. The van der Waals surface area contributed by atoms with Crippen LogP contribution in [-0.2, 0) is 14.4 Å². The highest BCUT2D eigenvalue weighted by Crippen LogP contribution is 2.49. The molecule has 0 aromatic heterocycles. The van der Waals surface area contributed by atoms with Gasteiger partial charge in [-0.15, -0.1) is 0 Å². The van der Waals surface area contributed by atoms with Crippen LogP contribution in [0.5, 0.6) is 17.2 Å². The number of carbonyl (C=O) groups excluding carboxylic acids is 3. The Morgan fingerprint density at radius 3 is 2.08 bits per heavy atom. The quantitative estimate of drug-likeness (QED) is 0.471. The number of ketones is 1. The van der Waals surface area contributed by atoms with Gasteiger partial charge < -0.3 is 14.2 Å². The number of ether oxygens (including phenoxy) is 3. The minimum Gasteiger partial charge on any atom is -0.493 e. The standard InChI is InChI=1S/C18H21NO6/c1-23-12-8-7-11(13(24-2)14(12)25-3)19-16(21)15(20)18(17(19)22)9-5-4-6-10-18/h7-8H,4-6,9-10H2,1-3H3. The van der Waals surface area contributed by atoms with E-state index in [1.54, 1.807) is 6.07 Å². The summed E-state index contributed by atoms with van der Waals surface area (Å²) >= 11 is 0. The van der Waals surface area contributed by atoms with Crippen molar-refractivity contribution in [3.05, 3.63) is 12.1 Å². The van der Waals surface area contributed by atoms with E-state index in [-0.39, 0.29) is 17.2 Å². The zero-order chi connectivity index (χ0) is 18.2. The third kappa shape index (κ3) is 2.37. The van der Waals surface area contributed by atoms with Gasteiger partial charge in [-0.25, -0.2) is 4.90 Å². The Labute approximate surface area is 145 Å². The topological polar surface area (TPSA) is 82.1 Å². The normalized spacial score (nSPS) is 19.5. The monoisotopic (exact) mass is 347 g/mol. The summed E-state index contributed by atoms with van der Waals surface area (Å²) in [6.07, 6.45) is 3.34. The molecule has 0 unspecified atom stereocenters. The van der Waals surface area contributed by atoms with Gasteiger partial charge in [0.1, 0.15) is 5.41 Å². The second kappa shape index (κ2) is 6.38. The summed E-state index contributed by atoms with van der Waals surface area (Å²) in [5.41, 5.74) is -1.01. The van der Waals surface area contributed by atoms with Crippen molar-refractivity contribution < 1.29 is 28.6 Å². The van der Waals surface area contributed by atoms with E-state index < -0.39 is 23.0 Å². The average Bonchev–Trinajstić information content (AvgIpc) is 2.82. The van der Waals surface area contributed by atoms with Crippen molar-refractivity contribution in [1.82, 2.24) is 0 Å². The maximum atomic E-state index is 13.1. The molecule has 0 N–H and O–H groups in total. The Bertz CT molecular complexity index is 735. The van der Waals surface area contributed by atoms with Crippen LogP contribution in [0.1, 0.15) is 32.1 Å². The van der Waals surface area contributed by atoms with Crippen LogP contribution < -0.4 is 19.1 Å². The second-order valence-electron chi connectivity index (χ2n) is 6.27. The lowest BCUT2D eigenvalue weighted by atomic mass is 9.72. The summed E-state index contributed by atoms with van der Waals surface area (Å²) in [5, 5.41) is 0. The molecule has 7 heteroatoms. The van der Waals surface area contributed by atoms with E-state index in [9.17, 15) is 14.4 Å². The molecular weight excluding hydrogens is 326 g/mol. The zero-order valence-corrected chi connectivity index (χ0v) is 14.6. The van der Waals surface area contributed by atoms with E-state index in [0.717, 1.165) is 24.2 Å². The molecule has 1 saturated heterocycles. The number of carbonyl (C=O) groups is 3. The first-order valence-corrected chi connectivity index (χ1v) is 8.24. The Hall–Kier alpha value is -2.57. The number of Topliss-reactive ketones (excluding diaryl/α,β-unsaturated/α-hetero) is 1. The number of rotatable bonds is 4. The summed E-state index contributed by atoms with van der Waals surface area (Å²) in [6.45, 7) is 0. The Morgan fingerprint density at radius 2 is 1.52 bits per heavy atom. The van der Waals surface area contributed by atoms with Gasteiger partial charge in [0.2, 0.25) is 17.4 Å². The van der Waals surface area contributed by atoms with Gasteiger partial charge in [-0.1, -0.05) is 19.3 Å². The van der Waals surface area contributed by atoms with Gasteiger partial charge >= 0.3 is 5.91 Å². The molecule has 2 aliphatic rings. The number of anilines is 1. The fourth-order valence-electron chi connectivity index (χ4n) is 3.79. The molecule has 1 aromatic rings. The fourth-order valence-corrected chi connectivity index (χ4v) is 3.79. The van der Waals surface area contributed by atoms with Crippen LogP contribution in [0, 0.1) is 5.41 Å². The van der Waals surface area contributed by atoms with Crippen LogP contribution in [0.2, 0.25) is 0 Å². The molecule has 2 amide bonds. The average molecular weight is 347 g/mol. The highest BCUT2D eigenvalue weighted by atomic mass is 16.5. The smallest absolute Gasteiger partial charge is 0.302 e. The molecular formula is C18H21NO6. The molecule has 3 rings (SSSR count). The second-order valence-corrected chi connectivity index (χ2v) is 6.27. The molecule has 2 fully saturated rings. The van der Waals surface area contributed by atoms with Gasteiger partial charge in [-0.2, -0.15) is 0 Å². The SMILES string of the molecule is COc1ccc(N2C(=O)C(=O)C3(CCCCC3)C2=O)c(OC)c1OC. The lowest BCUT2D eigenvalue weighted by Gasteiger charge is -2.29. The fraction of sp³-hybridized carbons (Fsp3) is 0.500. The van der Waals surface area contributed by atoms with Crippen molar-refractivity contribution in [2.45, 2.75) is 32.1 Å². The maximum Gasteiger partial charge on any atom is 0.302 e. The van der Waals surface area contributed by atoms with E-state index in [1.807, 2.05) is 0 Å². The van der Waals surface area contributed by atoms with Crippen molar-refractivity contribution in [2.24, 2.45) is 5.41 Å². The summed E-state index contributed by atoms with van der Waals surface area (Å²) in [4.78, 5) is 39.3. The number of benzene rings is 1. The third-order valence-corrected chi connectivity index (χ3v) is 5.08. The molecule has 1 heterocycles. The minimum absolute atomic E-state index is 0.184. The van der Waals surface area contributed by atoms with Crippen LogP contribution in [0.4, 0.5) is 5.69 Å². The zero-order valence-electron chi connectivity index (χ0n) is 14.6. The van der Waals surface area contributed by atoms with E-state index in [2.05, 4.69) is 0 Å². The van der Waals surface area contributed by atoms with Gasteiger partial charge in [0, 0.05) is 0 Å². The molecule has 25 heavy (non-hydrogen) atoms. The molecule has 0 atom stereocenters. The van der Waals surface area contributed by atoms with Crippen LogP contribution >= 0.6 is 0 Å². The number of hydrogen-bond acceptors (Lipinski definition) is 6. The molecule has 1 spiro atoms. The number of imide groups is 1. The molecule has 0 radical (unpaired) electrons. The number of nitrogens with zero attached hydrogens (tertiary/aromatic N) is 1. The van der Waals surface area contributed by atoms with Crippen molar-refractivity contribution in [2.75, 3.05) is 26.2 Å². The van der Waals surface area contributed by atoms with Crippen LogP contribution in [0.25, 0.3) is 0 Å². The first kappa shape index (κ1) is 17.3. The maximum absolute atomic E-state index is 13.1. The highest BCUT2D eigenvalue weighted by Gasteiger charge is 2.60. The van der Waals surface area contributed by atoms with Gasteiger partial charge in [0.15, 0.2) is 11.5 Å². The molecule has 1 aliphatic carbocycles. The summed E-state index contributed by atoms with van der Waals surface area (Å²) in [7, 11) is 4.32. The Balaban J connectivity index is 2.12. The van der Waals surface area contributed by atoms with Crippen molar-refractivity contribution in [3.63, 3.8) is 0 Å². The Morgan fingerprint density at radius 1 is 0.880 bits per heavy atom. The van der Waals surface area contributed by atoms with E-state index in [4.69, 9.17) is 14.2 Å². The first-order chi connectivity index (χ1) is 12.0. The van der Waals surface area contributed by atoms with Crippen LogP contribution in [0.15, 0.2) is 12.1 Å². The van der Waals surface area contributed by atoms with Crippen molar-refractivity contribution >= 4 is 23.3 Å². The lowest BCUT2D eigenvalue weighted by molar-refractivity contribution is -0.142. The van der Waals surface area contributed by atoms with E-state index in [1.165, 1.54) is 27.4 Å². The number of amides is 2. The van der Waals surface area contributed by atoms with Gasteiger partial charge in [0.25, 0.3) is 0 Å². The van der Waals surface area contributed by atoms with Crippen molar-refractivity contribution in [3.8, 4) is 17.2 Å². The summed E-state index contributed by atoms with van der Waals surface area (Å²) in [5.74, 6) is -1.04.